The molecular weight excluding hydrogens is 216 g/mol. The van der Waals surface area contributed by atoms with E-state index in [-0.39, 0.29) is 12.1 Å². The van der Waals surface area contributed by atoms with Gasteiger partial charge in [0.1, 0.15) is 6.61 Å². The van der Waals surface area contributed by atoms with Crippen LogP contribution in [0.2, 0.25) is 0 Å². The lowest BCUT2D eigenvalue weighted by Gasteiger charge is -2.33. The predicted molar refractivity (Wildman–Crippen MR) is 57.7 cm³/mol. The summed E-state index contributed by atoms with van der Waals surface area (Å²) in [7, 11) is 1.84. The molecule has 0 aliphatic heterocycles. The molecule has 3 nitrogen and oxygen atoms in total. The smallest absolute Gasteiger partial charge is 0.261 e. The number of halogens is 2. The molecule has 5 heteroatoms. The number of nitrogens with one attached hydrogen (secondary N) is 1. The van der Waals surface area contributed by atoms with Crippen molar-refractivity contribution in [3.63, 3.8) is 0 Å². The fourth-order valence-corrected chi connectivity index (χ4v) is 2.58. The first-order valence-corrected chi connectivity index (χ1v) is 5.80. The standard InChI is InChI=1S/C11H21F2NO2/c1-14-11(8-15)5-2-3-9(11)4-6-16-7-10(12)13/h9-10,14-15H,2-8H2,1H3. The quantitative estimate of drug-likeness (QED) is 0.658. The van der Waals surface area contributed by atoms with Crippen molar-refractivity contribution in [2.24, 2.45) is 5.92 Å². The average Bonchev–Trinajstić information content (AvgIpc) is 2.67. The number of ether oxygens (including phenoxy) is 1. The van der Waals surface area contributed by atoms with Crippen molar-refractivity contribution >= 4 is 0 Å². The minimum absolute atomic E-state index is 0.100. The molecule has 0 amide bonds. The summed E-state index contributed by atoms with van der Waals surface area (Å²) in [4.78, 5) is 0. The highest BCUT2D eigenvalue weighted by molar-refractivity contribution is 4.97. The maximum atomic E-state index is 11.8. The zero-order chi connectivity index (χ0) is 12.0. The van der Waals surface area contributed by atoms with Crippen molar-refractivity contribution in [1.82, 2.24) is 5.32 Å². The van der Waals surface area contributed by atoms with Crippen molar-refractivity contribution in [1.29, 1.82) is 0 Å². The Morgan fingerprint density at radius 2 is 2.31 bits per heavy atom. The van der Waals surface area contributed by atoms with Gasteiger partial charge in [-0.25, -0.2) is 8.78 Å². The van der Waals surface area contributed by atoms with Crippen LogP contribution < -0.4 is 5.32 Å². The molecule has 1 saturated carbocycles. The Hall–Kier alpha value is -0.260. The molecule has 2 unspecified atom stereocenters. The molecule has 96 valence electrons. The van der Waals surface area contributed by atoms with Crippen molar-refractivity contribution < 1.29 is 18.6 Å². The lowest BCUT2D eigenvalue weighted by molar-refractivity contribution is 0.00744. The molecule has 0 radical (unpaired) electrons. The number of alkyl halides is 2. The Morgan fingerprint density at radius 1 is 1.56 bits per heavy atom. The van der Waals surface area contributed by atoms with Gasteiger partial charge < -0.3 is 15.2 Å². The number of likely N-dealkylation sites (N-methyl/N-ethyl adjacent to an activating group) is 1. The summed E-state index contributed by atoms with van der Waals surface area (Å²) >= 11 is 0. The second kappa shape index (κ2) is 6.47. The highest BCUT2D eigenvalue weighted by Gasteiger charge is 2.40. The van der Waals surface area contributed by atoms with E-state index in [0.717, 1.165) is 25.7 Å². The van der Waals surface area contributed by atoms with Gasteiger partial charge in [-0.05, 0) is 32.2 Å². The van der Waals surface area contributed by atoms with Gasteiger partial charge in [0, 0.05) is 12.1 Å². The highest BCUT2D eigenvalue weighted by Crippen LogP contribution is 2.37. The van der Waals surface area contributed by atoms with Crippen LogP contribution in [0.4, 0.5) is 8.78 Å². The third kappa shape index (κ3) is 3.37. The van der Waals surface area contributed by atoms with E-state index >= 15 is 0 Å². The van der Waals surface area contributed by atoms with Crippen molar-refractivity contribution in [2.75, 3.05) is 26.9 Å². The Morgan fingerprint density at radius 3 is 2.88 bits per heavy atom. The molecule has 0 saturated heterocycles. The van der Waals surface area contributed by atoms with E-state index in [1.807, 2.05) is 7.05 Å². The highest BCUT2D eigenvalue weighted by atomic mass is 19.3. The summed E-state index contributed by atoms with van der Waals surface area (Å²) in [5.41, 5.74) is -0.228. The topological polar surface area (TPSA) is 41.5 Å². The van der Waals surface area contributed by atoms with E-state index in [1.54, 1.807) is 0 Å². The van der Waals surface area contributed by atoms with Gasteiger partial charge in [-0.3, -0.25) is 0 Å². The van der Waals surface area contributed by atoms with Gasteiger partial charge in [-0.1, -0.05) is 6.42 Å². The van der Waals surface area contributed by atoms with E-state index in [0.29, 0.717) is 12.5 Å². The van der Waals surface area contributed by atoms with Crippen LogP contribution in [-0.4, -0.2) is 43.9 Å². The molecule has 0 aromatic carbocycles. The van der Waals surface area contributed by atoms with Crippen molar-refractivity contribution in [3.05, 3.63) is 0 Å². The maximum Gasteiger partial charge on any atom is 0.261 e. The molecule has 2 N–H and O–H groups in total. The van der Waals surface area contributed by atoms with Crippen LogP contribution in [0.25, 0.3) is 0 Å². The Labute approximate surface area is 95.2 Å². The first-order chi connectivity index (χ1) is 7.64. The summed E-state index contributed by atoms with van der Waals surface area (Å²) in [6.45, 7) is -0.0418. The van der Waals surface area contributed by atoms with Crippen LogP contribution in [-0.2, 0) is 4.74 Å². The van der Waals surface area contributed by atoms with Gasteiger partial charge in [0.25, 0.3) is 6.43 Å². The van der Waals surface area contributed by atoms with Crippen LogP contribution in [0.5, 0.6) is 0 Å². The van der Waals surface area contributed by atoms with E-state index in [4.69, 9.17) is 4.74 Å². The normalized spacial score (nSPS) is 30.2. The summed E-state index contributed by atoms with van der Waals surface area (Å²) in [5, 5.41) is 12.6. The molecule has 0 aromatic heterocycles. The van der Waals surface area contributed by atoms with Crippen LogP contribution in [0.15, 0.2) is 0 Å². The number of rotatable bonds is 7. The van der Waals surface area contributed by atoms with Gasteiger partial charge >= 0.3 is 0 Å². The molecule has 0 aromatic rings. The number of hydrogen-bond acceptors (Lipinski definition) is 3. The lowest BCUT2D eigenvalue weighted by atomic mass is 9.86. The summed E-state index contributed by atoms with van der Waals surface area (Å²) in [6, 6.07) is 0. The Balaban J connectivity index is 2.30. The molecular formula is C11H21F2NO2. The van der Waals surface area contributed by atoms with Gasteiger partial charge in [0.2, 0.25) is 0 Å². The minimum atomic E-state index is -2.39. The molecule has 1 rings (SSSR count). The maximum absolute atomic E-state index is 11.8. The zero-order valence-electron chi connectivity index (χ0n) is 9.72. The SMILES string of the molecule is CNC1(CO)CCCC1CCOCC(F)F. The van der Waals surface area contributed by atoms with E-state index in [9.17, 15) is 13.9 Å². The van der Waals surface area contributed by atoms with Gasteiger partial charge in [-0.2, -0.15) is 0 Å². The van der Waals surface area contributed by atoms with Gasteiger partial charge in [-0.15, -0.1) is 0 Å². The summed E-state index contributed by atoms with van der Waals surface area (Å²) in [5.74, 6) is 0.320. The molecule has 0 bridgehead atoms. The fraction of sp³-hybridized carbons (Fsp3) is 1.00. The van der Waals surface area contributed by atoms with Crippen molar-refractivity contribution in [2.45, 2.75) is 37.6 Å². The molecule has 16 heavy (non-hydrogen) atoms. The lowest BCUT2D eigenvalue weighted by Crippen LogP contribution is -2.49. The average molecular weight is 237 g/mol. The minimum Gasteiger partial charge on any atom is -0.394 e. The second-order valence-corrected chi connectivity index (χ2v) is 4.41. The first kappa shape index (κ1) is 13.8. The number of aliphatic hydroxyl groups excluding tert-OH is 1. The number of hydrogen-bond donors (Lipinski definition) is 2. The molecule has 0 spiro atoms. The first-order valence-electron chi connectivity index (χ1n) is 5.80. The predicted octanol–water partition coefficient (Wildman–Crippen LogP) is 1.41. The molecule has 1 fully saturated rings. The molecule has 1 aliphatic carbocycles. The van der Waals surface area contributed by atoms with Crippen LogP contribution >= 0.6 is 0 Å². The van der Waals surface area contributed by atoms with Crippen LogP contribution in [0.1, 0.15) is 25.7 Å². The summed E-state index contributed by atoms with van der Waals surface area (Å²) < 4.78 is 28.6. The van der Waals surface area contributed by atoms with E-state index in [2.05, 4.69) is 5.32 Å². The zero-order valence-corrected chi connectivity index (χ0v) is 9.72. The van der Waals surface area contributed by atoms with Crippen molar-refractivity contribution in [3.8, 4) is 0 Å². The third-order valence-electron chi connectivity index (χ3n) is 3.59. The van der Waals surface area contributed by atoms with Crippen LogP contribution in [0, 0.1) is 5.92 Å². The molecule has 0 heterocycles. The largest absolute Gasteiger partial charge is 0.394 e. The van der Waals surface area contributed by atoms with Gasteiger partial charge in [0.05, 0.1) is 6.61 Å². The Kier molecular flexibility index (Phi) is 5.58. The fourth-order valence-electron chi connectivity index (χ4n) is 2.58. The van der Waals surface area contributed by atoms with Crippen LogP contribution in [0.3, 0.4) is 0 Å². The summed E-state index contributed by atoms with van der Waals surface area (Å²) in [6.07, 6.45) is 1.38. The van der Waals surface area contributed by atoms with E-state index < -0.39 is 13.0 Å². The van der Waals surface area contributed by atoms with Gasteiger partial charge in [0.15, 0.2) is 0 Å². The third-order valence-corrected chi connectivity index (χ3v) is 3.59. The van der Waals surface area contributed by atoms with E-state index in [1.165, 1.54) is 0 Å². The molecule has 1 aliphatic rings. The monoisotopic (exact) mass is 237 g/mol. The second-order valence-electron chi connectivity index (χ2n) is 4.41. The number of aliphatic hydroxyl groups is 1. The molecule has 2 atom stereocenters. The Bertz CT molecular complexity index is 198.